The van der Waals surface area contributed by atoms with Crippen LogP contribution in [0, 0.1) is 18.6 Å². The first-order valence-electron chi connectivity index (χ1n) is 7.76. The van der Waals surface area contributed by atoms with Gasteiger partial charge in [0.2, 0.25) is 0 Å². The maximum absolute atomic E-state index is 13.7. The maximum Gasteiger partial charge on any atom is 0.262 e. The molecule has 0 amide bonds. The van der Waals surface area contributed by atoms with Crippen molar-refractivity contribution in [1.29, 1.82) is 0 Å². The SMILES string of the molecule is Cc1ccccc1S(=O)(=O)Nc1ccc(Nc2c(F)cccc2F)cc1. The van der Waals surface area contributed by atoms with Gasteiger partial charge in [-0.15, -0.1) is 0 Å². The van der Waals surface area contributed by atoms with Gasteiger partial charge in [0.15, 0.2) is 0 Å². The Balaban J connectivity index is 1.79. The summed E-state index contributed by atoms with van der Waals surface area (Å²) in [6.07, 6.45) is 0. The Bertz CT molecular complexity index is 1020. The van der Waals surface area contributed by atoms with Gasteiger partial charge in [-0.3, -0.25) is 4.72 Å². The summed E-state index contributed by atoms with van der Waals surface area (Å²) >= 11 is 0. The smallest absolute Gasteiger partial charge is 0.262 e. The molecule has 0 atom stereocenters. The third kappa shape index (κ3) is 3.83. The first kappa shape index (κ1) is 17.9. The lowest BCUT2D eigenvalue weighted by Crippen LogP contribution is -2.14. The average Bonchev–Trinajstić information content (AvgIpc) is 2.60. The van der Waals surface area contributed by atoms with Crippen molar-refractivity contribution in [3.8, 4) is 0 Å². The first-order chi connectivity index (χ1) is 12.4. The van der Waals surface area contributed by atoms with Gasteiger partial charge in [0.1, 0.15) is 17.3 Å². The monoisotopic (exact) mass is 374 g/mol. The number of aryl methyl sites for hydroxylation is 1. The van der Waals surface area contributed by atoms with Gasteiger partial charge in [0.05, 0.1) is 4.90 Å². The van der Waals surface area contributed by atoms with Gasteiger partial charge in [0, 0.05) is 11.4 Å². The molecule has 0 bridgehead atoms. The molecule has 134 valence electrons. The molecule has 0 aliphatic heterocycles. The van der Waals surface area contributed by atoms with E-state index in [0.29, 0.717) is 16.9 Å². The standard InChI is InChI=1S/C19H16F2N2O2S/c1-13-5-2-3-8-18(13)26(24,25)23-15-11-9-14(10-12-15)22-19-16(20)6-4-7-17(19)21/h2-12,22-23H,1H3. The van der Waals surface area contributed by atoms with Gasteiger partial charge in [-0.05, 0) is 55.0 Å². The van der Waals surface area contributed by atoms with Gasteiger partial charge < -0.3 is 5.32 Å². The zero-order chi connectivity index (χ0) is 18.7. The van der Waals surface area contributed by atoms with E-state index < -0.39 is 21.7 Å². The van der Waals surface area contributed by atoms with Crippen LogP contribution in [0.1, 0.15) is 5.56 Å². The lowest BCUT2D eigenvalue weighted by atomic mass is 10.2. The number of hydrogen-bond acceptors (Lipinski definition) is 3. The molecule has 3 aromatic rings. The molecule has 0 heterocycles. The lowest BCUT2D eigenvalue weighted by molar-refractivity contribution is 0.590. The van der Waals surface area contributed by atoms with E-state index in [1.165, 1.54) is 36.4 Å². The molecule has 0 radical (unpaired) electrons. The number of rotatable bonds is 5. The van der Waals surface area contributed by atoms with Crippen molar-refractivity contribution in [3.05, 3.63) is 83.9 Å². The van der Waals surface area contributed by atoms with Crippen molar-refractivity contribution < 1.29 is 17.2 Å². The number of anilines is 3. The second-order valence-electron chi connectivity index (χ2n) is 5.67. The van der Waals surface area contributed by atoms with Crippen LogP contribution in [0.2, 0.25) is 0 Å². The predicted molar refractivity (Wildman–Crippen MR) is 98.1 cm³/mol. The maximum atomic E-state index is 13.7. The van der Waals surface area contributed by atoms with Gasteiger partial charge in [-0.2, -0.15) is 0 Å². The Labute approximate surface area is 150 Å². The van der Waals surface area contributed by atoms with Crippen molar-refractivity contribution in [3.63, 3.8) is 0 Å². The van der Waals surface area contributed by atoms with Crippen molar-refractivity contribution >= 4 is 27.1 Å². The predicted octanol–water partition coefficient (Wildman–Crippen LogP) is 4.82. The Morgan fingerprint density at radius 2 is 1.35 bits per heavy atom. The van der Waals surface area contributed by atoms with Crippen LogP contribution in [0.25, 0.3) is 0 Å². The molecule has 0 fully saturated rings. The first-order valence-corrected chi connectivity index (χ1v) is 9.25. The zero-order valence-corrected chi connectivity index (χ0v) is 14.6. The minimum absolute atomic E-state index is 0.190. The number of halogens is 2. The van der Waals surface area contributed by atoms with Crippen LogP contribution >= 0.6 is 0 Å². The number of benzene rings is 3. The van der Waals surface area contributed by atoms with E-state index in [9.17, 15) is 17.2 Å². The summed E-state index contributed by atoms with van der Waals surface area (Å²) in [7, 11) is -3.72. The van der Waals surface area contributed by atoms with Crippen LogP contribution in [0.4, 0.5) is 25.8 Å². The van der Waals surface area contributed by atoms with Crippen LogP contribution in [0.15, 0.2) is 71.6 Å². The summed E-state index contributed by atoms with van der Waals surface area (Å²) in [4.78, 5) is 0.190. The molecule has 0 aliphatic rings. The lowest BCUT2D eigenvalue weighted by Gasteiger charge is -2.12. The van der Waals surface area contributed by atoms with Crippen molar-refractivity contribution in [2.45, 2.75) is 11.8 Å². The van der Waals surface area contributed by atoms with Crippen LogP contribution in [-0.2, 0) is 10.0 Å². The molecule has 3 rings (SSSR count). The molecule has 7 heteroatoms. The number of hydrogen-bond donors (Lipinski definition) is 2. The van der Waals surface area contributed by atoms with E-state index in [-0.39, 0.29) is 10.6 Å². The van der Waals surface area contributed by atoms with Gasteiger partial charge in [-0.1, -0.05) is 24.3 Å². The number of para-hydroxylation sites is 1. The van der Waals surface area contributed by atoms with Crippen LogP contribution in [-0.4, -0.2) is 8.42 Å². The fourth-order valence-electron chi connectivity index (χ4n) is 2.45. The quantitative estimate of drug-likeness (QED) is 0.673. The highest BCUT2D eigenvalue weighted by molar-refractivity contribution is 7.92. The Morgan fingerprint density at radius 3 is 1.96 bits per heavy atom. The van der Waals surface area contributed by atoms with E-state index in [0.717, 1.165) is 12.1 Å². The number of nitrogens with one attached hydrogen (secondary N) is 2. The Kier molecular flexibility index (Phi) is 4.90. The molecular formula is C19H16F2N2O2S. The molecule has 4 nitrogen and oxygen atoms in total. The summed E-state index contributed by atoms with van der Waals surface area (Å²) in [5, 5.41) is 2.64. The van der Waals surface area contributed by atoms with Crippen LogP contribution in [0.3, 0.4) is 0 Å². The summed E-state index contributed by atoms with van der Waals surface area (Å²) in [5.41, 5.74) is 1.13. The van der Waals surface area contributed by atoms with Crippen LogP contribution in [0.5, 0.6) is 0 Å². The van der Waals surface area contributed by atoms with E-state index >= 15 is 0 Å². The topological polar surface area (TPSA) is 58.2 Å². The minimum Gasteiger partial charge on any atom is -0.351 e. The molecule has 0 aromatic heterocycles. The van der Waals surface area contributed by atoms with Crippen LogP contribution < -0.4 is 10.0 Å². The molecule has 0 unspecified atom stereocenters. The van der Waals surface area contributed by atoms with E-state index in [1.807, 2.05) is 0 Å². The highest BCUT2D eigenvalue weighted by atomic mass is 32.2. The van der Waals surface area contributed by atoms with E-state index in [2.05, 4.69) is 10.0 Å². The minimum atomic E-state index is -3.72. The molecule has 0 aliphatic carbocycles. The fraction of sp³-hybridized carbons (Fsp3) is 0.0526. The highest BCUT2D eigenvalue weighted by Gasteiger charge is 2.16. The van der Waals surface area contributed by atoms with Gasteiger partial charge in [0.25, 0.3) is 10.0 Å². The highest BCUT2D eigenvalue weighted by Crippen LogP contribution is 2.25. The van der Waals surface area contributed by atoms with Crippen molar-refractivity contribution in [2.75, 3.05) is 10.0 Å². The molecular weight excluding hydrogens is 358 g/mol. The average molecular weight is 374 g/mol. The van der Waals surface area contributed by atoms with Gasteiger partial charge in [-0.25, -0.2) is 17.2 Å². The van der Waals surface area contributed by atoms with Gasteiger partial charge >= 0.3 is 0 Å². The third-order valence-electron chi connectivity index (χ3n) is 3.75. The Hall–Kier alpha value is -2.93. The van der Waals surface area contributed by atoms with E-state index in [1.54, 1.807) is 25.1 Å². The largest absolute Gasteiger partial charge is 0.351 e. The molecule has 0 spiro atoms. The summed E-state index contributed by atoms with van der Waals surface area (Å²) < 4.78 is 54.7. The summed E-state index contributed by atoms with van der Waals surface area (Å²) in [5.74, 6) is -1.43. The second-order valence-corrected chi connectivity index (χ2v) is 7.32. The second kappa shape index (κ2) is 7.13. The zero-order valence-electron chi connectivity index (χ0n) is 13.8. The van der Waals surface area contributed by atoms with Crippen molar-refractivity contribution in [1.82, 2.24) is 0 Å². The molecule has 0 saturated carbocycles. The van der Waals surface area contributed by atoms with Crippen molar-refractivity contribution in [2.24, 2.45) is 0 Å². The molecule has 0 saturated heterocycles. The fourth-order valence-corrected chi connectivity index (χ4v) is 3.76. The number of sulfonamides is 1. The third-order valence-corrected chi connectivity index (χ3v) is 5.29. The molecule has 3 aromatic carbocycles. The molecule has 26 heavy (non-hydrogen) atoms. The summed E-state index contributed by atoms with van der Waals surface area (Å²) in [6, 6.07) is 16.3. The molecule has 2 N–H and O–H groups in total. The van der Waals surface area contributed by atoms with E-state index in [4.69, 9.17) is 0 Å². The summed E-state index contributed by atoms with van der Waals surface area (Å²) in [6.45, 7) is 1.71. The Morgan fingerprint density at radius 1 is 0.769 bits per heavy atom. The normalized spacial score (nSPS) is 11.2.